The lowest BCUT2D eigenvalue weighted by Crippen LogP contribution is -2.35. The van der Waals surface area contributed by atoms with Gasteiger partial charge in [0.05, 0.1) is 17.9 Å². The third-order valence-electron chi connectivity index (χ3n) is 6.03. The van der Waals surface area contributed by atoms with E-state index in [4.69, 9.17) is 9.97 Å². The zero-order valence-electron chi connectivity index (χ0n) is 18.6. The van der Waals surface area contributed by atoms with Gasteiger partial charge < -0.3 is 9.88 Å². The Morgan fingerprint density at radius 1 is 1.07 bits per heavy atom. The first kappa shape index (κ1) is 20.5. The Bertz CT molecular complexity index is 1040. The topological polar surface area (TPSA) is 71.8 Å². The second-order valence-electron chi connectivity index (χ2n) is 8.40. The van der Waals surface area contributed by atoms with Crippen molar-refractivity contribution in [1.82, 2.24) is 29.4 Å². The summed E-state index contributed by atoms with van der Waals surface area (Å²) in [6.07, 6.45) is 4.12. The van der Waals surface area contributed by atoms with Crippen LogP contribution in [0.1, 0.15) is 53.1 Å². The van der Waals surface area contributed by atoms with Gasteiger partial charge in [-0.05, 0) is 64.8 Å². The summed E-state index contributed by atoms with van der Waals surface area (Å²) >= 11 is 0. The van der Waals surface area contributed by atoms with E-state index in [-0.39, 0.29) is 0 Å². The van der Waals surface area contributed by atoms with Gasteiger partial charge in [0, 0.05) is 37.5 Å². The number of aromatic nitrogens is 5. The molecule has 0 bridgehead atoms. The van der Waals surface area contributed by atoms with Crippen LogP contribution in [0.4, 0.5) is 11.6 Å². The first-order valence-electron chi connectivity index (χ1n) is 10.7. The van der Waals surface area contributed by atoms with Gasteiger partial charge in [-0.2, -0.15) is 0 Å². The van der Waals surface area contributed by atoms with Gasteiger partial charge in [0.1, 0.15) is 23.3 Å². The molecule has 0 aliphatic carbocycles. The number of nitrogens with one attached hydrogen (secondary N) is 1. The highest BCUT2D eigenvalue weighted by Gasteiger charge is 2.24. The molecule has 1 atom stereocenters. The minimum atomic E-state index is 0.397. The summed E-state index contributed by atoms with van der Waals surface area (Å²) in [5.41, 5.74) is 4.63. The molecule has 1 unspecified atom stereocenters. The number of nitrogens with zero attached hydrogens (tertiary/aromatic N) is 6. The van der Waals surface area contributed by atoms with E-state index in [1.807, 2.05) is 25.3 Å². The van der Waals surface area contributed by atoms with E-state index < -0.39 is 0 Å². The first-order chi connectivity index (χ1) is 14.4. The second-order valence-corrected chi connectivity index (χ2v) is 8.40. The van der Waals surface area contributed by atoms with Gasteiger partial charge in [-0.15, -0.1) is 0 Å². The lowest BCUT2D eigenvalue weighted by atomic mass is 9.94. The Morgan fingerprint density at radius 3 is 2.63 bits per heavy atom. The molecule has 0 spiro atoms. The summed E-state index contributed by atoms with van der Waals surface area (Å²) in [4.78, 5) is 21.0. The van der Waals surface area contributed by atoms with Gasteiger partial charge in [0.2, 0.25) is 0 Å². The maximum Gasteiger partial charge on any atom is 0.135 e. The van der Waals surface area contributed by atoms with Crippen LogP contribution in [-0.4, -0.2) is 42.5 Å². The van der Waals surface area contributed by atoms with Crippen LogP contribution in [0, 0.1) is 27.7 Å². The molecule has 158 valence electrons. The average Bonchev–Trinajstić information content (AvgIpc) is 2.94. The number of imidazole rings is 1. The van der Waals surface area contributed by atoms with E-state index in [0.29, 0.717) is 5.92 Å². The predicted molar refractivity (Wildman–Crippen MR) is 119 cm³/mol. The summed E-state index contributed by atoms with van der Waals surface area (Å²) in [6, 6.07) is 6.10. The monoisotopic (exact) mass is 405 g/mol. The highest BCUT2D eigenvalue weighted by molar-refractivity contribution is 5.52. The molecule has 4 rings (SSSR count). The van der Waals surface area contributed by atoms with Gasteiger partial charge in [0.25, 0.3) is 0 Å². The van der Waals surface area contributed by atoms with E-state index in [1.54, 1.807) is 0 Å². The fraction of sp³-hybridized carbons (Fsp3) is 0.478. The Morgan fingerprint density at radius 2 is 1.90 bits per heavy atom. The Kier molecular flexibility index (Phi) is 5.81. The second kappa shape index (κ2) is 8.52. The van der Waals surface area contributed by atoms with Crippen molar-refractivity contribution in [2.75, 3.05) is 18.4 Å². The third kappa shape index (κ3) is 4.51. The average molecular weight is 406 g/mol. The predicted octanol–water partition coefficient (Wildman–Crippen LogP) is 3.96. The zero-order valence-corrected chi connectivity index (χ0v) is 18.6. The van der Waals surface area contributed by atoms with E-state index >= 15 is 0 Å². The van der Waals surface area contributed by atoms with Gasteiger partial charge in [-0.3, -0.25) is 4.90 Å². The van der Waals surface area contributed by atoms with Gasteiger partial charge >= 0.3 is 0 Å². The highest BCUT2D eigenvalue weighted by Crippen LogP contribution is 2.28. The van der Waals surface area contributed by atoms with E-state index in [2.05, 4.69) is 58.6 Å². The molecule has 0 saturated carbocycles. The molecular weight excluding hydrogens is 374 g/mol. The van der Waals surface area contributed by atoms with Crippen molar-refractivity contribution in [2.45, 2.75) is 53.0 Å². The molecule has 1 saturated heterocycles. The van der Waals surface area contributed by atoms with Crippen LogP contribution in [0.25, 0.3) is 0 Å². The maximum absolute atomic E-state index is 4.77. The summed E-state index contributed by atoms with van der Waals surface area (Å²) in [5.74, 6) is 3.94. The lowest BCUT2D eigenvalue weighted by molar-refractivity contribution is 0.192. The Hall–Kier alpha value is -2.80. The summed E-state index contributed by atoms with van der Waals surface area (Å²) in [7, 11) is 2.11. The molecule has 3 aromatic rings. The van der Waals surface area contributed by atoms with Crippen molar-refractivity contribution in [3.8, 4) is 0 Å². The fourth-order valence-electron chi connectivity index (χ4n) is 4.17. The smallest absolute Gasteiger partial charge is 0.135 e. The van der Waals surface area contributed by atoms with Crippen molar-refractivity contribution in [3.05, 3.63) is 58.7 Å². The molecule has 0 aromatic carbocycles. The number of aryl methyl sites for hydroxylation is 3. The normalized spacial score (nSPS) is 17.3. The molecule has 0 amide bonds. The summed E-state index contributed by atoms with van der Waals surface area (Å²) in [5, 5.41) is 3.34. The van der Waals surface area contributed by atoms with Crippen molar-refractivity contribution in [1.29, 1.82) is 0 Å². The first-order valence-corrected chi connectivity index (χ1v) is 10.7. The highest BCUT2D eigenvalue weighted by atomic mass is 15.2. The molecule has 30 heavy (non-hydrogen) atoms. The maximum atomic E-state index is 4.77. The number of rotatable bonds is 5. The molecule has 1 aliphatic heterocycles. The number of hydrogen-bond donors (Lipinski definition) is 1. The molecule has 4 heterocycles. The molecular formula is C23H31N7. The number of pyridine rings is 1. The van der Waals surface area contributed by atoms with Crippen molar-refractivity contribution < 1.29 is 0 Å². The summed E-state index contributed by atoms with van der Waals surface area (Å²) in [6.45, 7) is 11.2. The van der Waals surface area contributed by atoms with Crippen LogP contribution in [0.15, 0.2) is 24.4 Å². The molecule has 7 heteroatoms. The van der Waals surface area contributed by atoms with Crippen LogP contribution in [0.3, 0.4) is 0 Å². The number of anilines is 2. The van der Waals surface area contributed by atoms with Gasteiger partial charge in [0.15, 0.2) is 0 Å². The fourth-order valence-corrected chi connectivity index (χ4v) is 4.17. The van der Waals surface area contributed by atoms with Crippen LogP contribution in [0.2, 0.25) is 0 Å². The number of hydrogen-bond acceptors (Lipinski definition) is 6. The minimum Gasteiger partial charge on any atom is -0.334 e. The molecule has 0 radical (unpaired) electrons. The SMILES string of the molecule is Cc1ccnc(Nc2cc(C3CCCN(Cc4nc(C)c(C)n4C)C3)nc(C)n2)c1. The van der Waals surface area contributed by atoms with Crippen LogP contribution < -0.4 is 5.32 Å². The zero-order chi connectivity index (χ0) is 21.3. The van der Waals surface area contributed by atoms with Crippen LogP contribution in [-0.2, 0) is 13.6 Å². The quantitative estimate of drug-likeness (QED) is 0.693. The van der Waals surface area contributed by atoms with E-state index in [9.17, 15) is 0 Å². The lowest BCUT2D eigenvalue weighted by Gasteiger charge is -2.32. The molecule has 1 N–H and O–H groups in total. The Balaban J connectivity index is 1.50. The largest absolute Gasteiger partial charge is 0.334 e. The molecule has 7 nitrogen and oxygen atoms in total. The number of piperidine rings is 1. The van der Waals surface area contributed by atoms with Crippen LogP contribution >= 0.6 is 0 Å². The van der Waals surface area contributed by atoms with Crippen molar-refractivity contribution in [3.63, 3.8) is 0 Å². The van der Waals surface area contributed by atoms with E-state index in [0.717, 1.165) is 67.1 Å². The van der Waals surface area contributed by atoms with Gasteiger partial charge in [-0.1, -0.05) is 0 Å². The summed E-state index contributed by atoms with van der Waals surface area (Å²) < 4.78 is 2.21. The van der Waals surface area contributed by atoms with Crippen molar-refractivity contribution in [2.24, 2.45) is 7.05 Å². The van der Waals surface area contributed by atoms with E-state index in [1.165, 1.54) is 11.3 Å². The number of likely N-dealkylation sites (tertiary alicyclic amines) is 1. The minimum absolute atomic E-state index is 0.397. The molecule has 1 fully saturated rings. The van der Waals surface area contributed by atoms with Crippen LogP contribution in [0.5, 0.6) is 0 Å². The van der Waals surface area contributed by atoms with Crippen molar-refractivity contribution >= 4 is 11.6 Å². The standard InChI is InChI=1S/C23H31N7/c1-15-8-9-24-21(11-15)28-22-12-20(26-18(4)27-22)19-7-6-10-30(13-19)14-23-25-16(2)17(3)29(23)5/h8-9,11-12,19H,6-7,10,13-14H2,1-5H3,(H,24,26,27,28). The third-order valence-corrected chi connectivity index (χ3v) is 6.03. The van der Waals surface area contributed by atoms with Gasteiger partial charge in [-0.25, -0.2) is 19.9 Å². The molecule has 3 aromatic heterocycles. The Labute approximate surface area is 178 Å². The molecule has 1 aliphatic rings.